The average Bonchev–Trinajstić information content (AvgIpc) is 3.29. The maximum absolute atomic E-state index is 14.1. The van der Waals surface area contributed by atoms with Gasteiger partial charge in [-0.05, 0) is 68.1 Å². The molecule has 0 saturated heterocycles. The number of Topliss-reactive ketones (excluding diaryl/α,β-unsaturated/α-hetero) is 3. The van der Waals surface area contributed by atoms with Crippen LogP contribution in [0.5, 0.6) is 0 Å². The van der Waals surface area contributed by atoms with Crippen LogP contribution in [0.15, 0.2) is 60.7 Å². The van der Waals surface area contributed by atoms with Crippen LogP contribution in [0.25, 0.3) is 0 Å². The Balaban J connectivity index is 2.08. The van der Waals surface area contributed by atoms with Gasteiger partial charge in [-0.1, -0.05) is 60.7 Å². The average molecular weight is 987 g/mol. The third-order valence-corrected chi connectivity index (χ3v) is 11.5. The van der Waals surface area contributed by atoms with Crippen molar-refractivity contribution in [2.45, 2.75) is 108 Å². The van der Waals surface area contributed by atoms with E-state index >= 15 is 0 Å². The van der Waals surface area contributed by atoms with Crippen molar-refractivity contribution in [2.75, 3.05) is 25.1 Å². The van der Waals surface area contributed by atoms with Gasteiger partial charge in [0.25, 0.3) is 0 Å². The van der Waals surface area contributed by atoms with Crippen molar-refractivity contribution in [3.63, 3.8) is 0 Å². The lowest BCUT2D eigenvalue weighted by Gasteiger charge is -2.23. The summed E-state index contributed by atoms with van der Waals surface area (Å²) in [6.45, 7) is -0.258. The van der Waals surface area contributed by atoms with Crippen molar-refractivity contribution in [3.8, 4) is 0 Å². The Hall–Kier alpha value is -6.26. The van der Waals surface area contributed by atoms with Crippen molar-refractivity contribution in [3.05, 3.63) is 71.8 Å². The van der Waals surface area contributed by atoms with Crippen LogP contribution in [0, 0.1) is 11.8 Å². The molecule has 0 fully saturated rings. The van der Waals surface area contributed by atoms with Crippen LogP contribution in [0.4, 0.5) is 0 Å². The fourth-order valence-electron chi connectivity index (χ4n) is 6.80. The predicted octanol–water partition coefficient (Wildman–Crippen LogP) is 1.65. The van der Waals surface area contributed by atoms with Crippen LogP contribution in [0.1, 0.15) is 81.8 Å². The second-order valence-corrected chi connectivity index (χ2v) is 17.4. The Labute approximate surface area is 403 Å². The Morgan fingerprint density at radius 2 is 1.19 bits per heavy atom. The minimum atomic E-state index is -1.58. The van der Waals surface area contributed by atoms with Crippen LogP contribution >= 0.6 is 24.0 Å². The Kier molecular flexibility index (Phi) is 26.9. The van der Waals surface area contributed by atoms with Gasteiger partial charge >= 0.3 is 23.9 Å². The van der Waals surface area contributed by atoms with Crippen molar-refractivity contribution < 1.29 is 68.4 Å². The SMILES string of the molecule is CSC[C@H](CC(=O)[C@H](CC(=O)O)NC(=O)[C@@H](N)CNC(=O)[C@@H](CC(=O)[C@H](Cc1ccccc1)NC(=O)CCCCC(=O)CC[C@H](NC(=S)NCCCC(=O)O)C(=O)O)Cc1ccccc1)C(=O)O. The molecule has 0 heterocycles. The Morgan fingerprint density at radius 3 is 1.76 bits per heavy atom. The quantitative estimate of drug-likeness (QED) is 0.0347. The molecule has 0 aromatic heterocycles. The number of carboxylic acids is 4. The number of carbonyl (C=O) groups excluding carboxylic acids is 6. The number of benzene rings is 2. The highest BCUT2D eigenvalue weighted by atomic mass is 32.2. The zero-order chi connectivity index (χ0) is 50.6. The highest BCUT2D eigenvalue weighted by molar-refractivity contribution is 7.98. The normalized spacial score (nSPS) is 13.5. The first kappa shape index (κ1) is 57.9. The fraction of sp³-hybridized carbons (Fsp3) is 0.500. The summed E-state index contributed by atoms with van der Waals surface area (Å²) in [6.07, 6.45) is 0.760. The summed E-state index contributed by atoms with van der Waals surface area (Å²) in [6, 6.07) is 12.4. The fourth-order valence-corrected chi connectivity index (χ4v) is 7.71. The molecule has 20 nitrogen and oxygen atoms in total. The lowest BCUT2D eigenvalue weighted by Crippen LogP contribution is -2.53. The van der Waals surface area contributed by atoms with Gasteiger partial charge < -0.3 is 52.7 Å². The van der Waals surface area contributed by atoms with Crippen molar-refractivity contribution in [2.24, 2.45) is 17.6 Å². The summed E-state index contributed by atoms with van der Waals surface area (Å²) in [4.78, 5) is 125. The molecule has 6 atom stereocenters. The summed E-state index contributed by atoms with van der Waals surface area (Å²) in [5.74, 6) is -10.6. The van der Waals surface area contributed by atoms with Gasteiger partial charge in [0.2, 0.25) is 17.7 Å². The molecule has 0 spiro atoms. The lowest BCUT2D eigenvalue weighted by molar-refractivity contribution is -0.144. The van der Waals surface area contributed by atoms with E-state index in [9.17, 15) is 63.3 Å². The second kappa shape index (κ2) is 31.7. The van der Waals surface area contributed by atoms with Crippen LogP contribution in [0.2, 0.25) is 0 Å². The van der Waals surface area contributed by atoms with E-state index in [2.05, 4.69) is 26.6 Å². The highest BCUT2D eigenvalue weighted by Crippen LogP contribution is 2.18. The first-order chi connectivity index (χ1) is 32.3. The predicted molar refractivity (Wildman–Crippen MR) is 254 cm³/mol. The summed E-state index contributed by atoms with van der Waals surface area (Å²) < 4.78 is 0. The van der Waals surface area contributed by atoms with E-state index in [-0.39, 0.29) is 87.4 Å². The number of ketones is 3. The van der Waals surface area contributed by atoms with E-state index in [0.29, 0.717) is 12.0 Å². The maximum Gasteiger partial charge on any atom is 0.326 e. The number of carbonyl (C=O) groups is 10. The molecule has 372 valence electrons. The van der Waals surface area contributed by atoms with Gasteiger partial charge in [-0.2, -0.15) is 11.8 Å². The molecular formula is C46H62N6O14S2. The molecule has 2 aromatic rings. The van der Waals surface area contributed by atoms with Gasteiger partial charge in [-0.15, -0.1) is 0 Å². The number of thioether (sulfide) groups is 1. The first-order valence-corrected chi connectivity index (χ1v) is 23.8. The smallest absolute Gasteiger partial charge is 0.326 e. The maximum atomic E-state index is 14.1. The highest BCUT2D eigenvalue weighted by Gasteiger charge is 2.32. The minimum Gasteiger partial charge on any atom is -0.481 e. The molecule has 0 aliphatic carbocycles. The van der Waals surface area contributed by atoms with E-state index in [1.807, 2.05) is 0 Å². The van der Waals surface area contributed by atoms with E-state index in [1.54, 1.807) is 66.9 Å². The largest absolute Gasteiger partial charge is 0.481 e. The number of carboxylic acid groups (broad SMARTS) is 4. The molecule has 0 aliphatic rings. The number of amides is 3. The van der Waals surface area contributed by atoms with Crippen molar-refractivity contribution in [1.82, 2.24) is 26.6 Å². The molecule has 2 aromatic carbocycles. The number of nitrogens with one attached hydrogen (secondary N) is 5. The van der Waals surface area contributed by atoms with Crippen LogP contribution in [-0.4, -0.2) is 134 Å². The molecule has 0 unspecified atom stereocenters. The lowest BCUT2D eigenvalue weighted by atomic mass is 9.89. The number of hydrogen-bond donors (Lipinski definition) is 10. The van der Waals surface area contributed by atoms with E-state index < -0.39 is 109 Å². The van der Waals surface area contributed by atoms with Crippen molar-refractivity contribution >= 4 is 88.0 Å². The topological polar surface area (TPSA) is 338 Å². The molecule has 0 saturated carbocycles. The molecule has 0 radical (unpaired) electrons. The molecule has 11 N–H and O–H groups in total. The summed E-state index contributed by atoms with van der Waals surface area (Å²) in [7, 11) is 0. The zero-order valence-corrected chi connectivity index (χ0v) is 39.4. The molecular weight excluding hydrogens is 925 g/mol. The van der Waals surface area contributed by atoms with Gasteiger partial charge in [-0.25, -0.2) is 4.79 Å². The molecule has 68 heavy (non-hydrogen) atoms. The number of hydrogen-bond acceptors (Lipinski definition) is 13. The second-order valence-electron chi connectivity index (χ2n) is 16.1. The summed E-state index contributed by atoms with van der Waals surface area (Å²) in [5, 5.41) is 50.2. The molecule has 0 aliphatic heterocycles. The van der Waals surface area contributed by atoms with E-state index in [4.69, 9.17) is 23.1 Å². The zero-order valence-electron chi connectivity index (χ0n) is 37.8. The van der Waals surface area contributed by atoms with Gasteiger partial charge in [0.05, 0.1) is 24.4 Å². The number of rotatable bonds is 35. The minimum absolute atomic E-state index is 0.0157. The first-order valence-electron chi connectivity index (χ1n) is 22.0. The van der Waals surface area contributed by atoms with Gasteiger partial charge in [0, 0.05) is 63.3 Å². The number of nitrogens with two attached hydrogens (primary N) is 1. The van der Waals surface area contributed by atoms with E-state index in [0.717, 1.165) is 5.56 Å². The molecule has 2 rings (SSSR count). The van der Waals surface area contributed by atoms with Gasteiger partial charge in [0.1, 0.15) is 17.9 Å². The molecule has 0 bridgehead atoms. The Morgan fingerprint density at radius 1 is 0.603 bits per heavy atom. The van der Waals surface area contributed by atoms with Crippen LogP contribution in [-0.2, 0) is 60.8 Å². The molecule has 22 heteroatoms. The third-order valence-electron chi connectivity index (χ3n) is 10.5. The summed E-state index contributed by atoms with van der Waals surface area (Å²) in [5.41, 5.74) is 7.50. The summed E-state index contributed by atoms with van der Waals surface area (Å²) >= 11 is 6.27. The monoisotopic (exact) mass is 986 g/mol. The van der Waals surface area contributed by atoms with E-state index in [1.165, 1.54) is 11.8 Å². The van der Waals surface area contributed by atoms with Crippen LogP contribution in [0.3, 0.4) is 0 Å². The van der Waals surface area contributed by atoms with Gasteiger partial charge in [-0.3, -0.25) is 43.2 Å². The third kappa shape index (κ3) is 24.0. The Bertz CT molecular complexity index is 2040. The standard InChI is InChI=1S/C46H62N6O14S2/c1-68-27-31(44(63)64)24-38(55)36(25-41(59)60)51-43(62)33(47)26-49-42(61)30(21-28-11-4-2-5-12-28)23-37(54)35(22-29-13-6-3-7-14-29)50-39(56)16-9-8-15-32(53)18-19-34(45(65)66)52-46(67)48-20-10-17-40(57)58/h2-7,11-14,30-31,33-36H,8-10,15-27,47H2,1H3,(H,49,61)(H,50,56)(H,51,62)(H,57,58)(H,59,60)(H,63,64)(H,65,66)(H2,48,52,67)/t30-,31+,33+,34+,35+,36+/m1/s1. The molecule has 3 amide bonds. The van der Waals surface area contributed by atoms with Crippen molar-refractivity contribution in [1.29, 1.82) is 0 Å². The number of unbranched alkanes of at least 4 members (excludes halogenated alkanes) is 1. The van der Waals surface area contributed by atoms with Gasteiger partial charge in [0.15, 0.2) is 16.7 Å². The number of aliphatic carboxylic acids is 4. The van der Waals surface area contributed by atoms with Crippen LogP contribution < -0.4 is 32.3 Å². The number of thiocarbonyl (C=S) groups is 1.